The summed E-state index contributed by atoms with van der Waals surface area (Å²) >= 11 is 0. The smallest absolute Gasteiger partial charge is 0.225 e. The molecule has 3 heterocycles. The highest BCUT2D eigenvalue weighted by Gasteiger charge is 2.29. The molecule has 1 saturated heterocycles. The van der Waals surface area contributed by atoms with Gasteiger partial charge in [0.1, 0.15) is 5.52 Å². The van der Waals surface area contributed by atoms with Crippen molar-refractivity contribution in [2.75, 3.05) is 6.54 Å². The lowest BCUT2D eigenvalue weighted by Gasteiger charge is -2.35. The number of carbonyl (C=O) groups is 1. The molecule has 3 aromatic rings. The van der Waals surface area contributed by atoms with Crippen LogP contribution >= 0.6 is 0 Å². The predicted octanol–water partition coefficient (Wildman–Crippen LogP) is 2.61. The van der Waals surface area contributed by atoms with E-state index in [4.69, 9.17) is 0 Å². The number of aromatic nitrogens is 5. The summed E-state index contributed by atoms with van der Waals surface area (Å²) in [5.41, 5.74) is 4.01. The average molecular weight is 338 g/mol. The molecule has 1 aliphatic heterocycles. The van der Waals surface area contributed by atoms with Crippen molar-refractivity contribution in [2.45, 2.75) is 45.2 Å². The lowest BCUT2D eigenvalue weighted by Crippen LogP contribution is -2.39. The van der Waals surface area contributed by atoms with Crippen LogP contribution in [0.3, 0.4) is 0 Å². The van der Waals surface area contributed by atoms with Crippen LogP contribution in [0.2, 0.25) is 0 Å². The quantitative estimate of drug-likeness (QED) is 0.793. The highest BCUT2D eigenvalue weighted by Crippen LogP contribution is 2.31. The van der Waals surface area contributed by atoms with Gasteiger partial charge >= 0.3 is 0 Å². The van der Waals surface area contributed by atoms with Gasteiger partial charge in [-0.2, -0.15) is 5.10 Å². The number of benzene rings is 1. The monoisotopic (exact) mass is 338 g/mol. The summed E-state index contributed by atoms with van der Waals surface area (Å²) in [5.74, 6) is 0.165. The minimum absolute atomic E-state index is 0.108. The fraction of sp³-hybridized carbons (Fsp3) is 0.444. The second kappa shape index (κ2) is 6.66. The highest BCUT2D eigenvalue weighted by atomic mass is 16.2. The van der Waals surface area contributed by atoms with Crippen LogP contribution in [0.15, 0.2) is 30.5 Å². The Bertz CT molecular complexity index is 882. The summed E-state index contributed by atoms with van der Waals surface area (Å²) in [6.07, 6.45) is 5.44. The van der Waals surface area contributed by atoms with Crippen molar-refractivity contribution in [2.24, 2.45) is 0 Å². The molecule has 0 spiro atoms. The molecule has 1 unspecified atom stereocenters. The summed E-state index contributed by atoms with van der Waals surface area (Å²) in [7, 11) is 0. The van der Waals surface area contributed by atoms with E-state index in [-0.39, 0.29) is 11.9 Å². The molecule has 0 bridgehead atoms. The number of carbonyl (C=O) groups excluding carboxylic acids is 1. The van der Waals surface area contributed by atoms with Crippen molar-refractivity contribution in [1.82, 2.24) is 30.1 Å². The zero-order valence-corrected chi connectivity index (χ0v) is 14.4. The SMILES string of the molecule is Cc1cn[nH]c1C1CCCCN1C(=O)CCn1nnc2ccccc21. The van der Waals surface area contributed by atoms with Gasteiger partial charge in [-0.15, -0.1) is 5.10 Å². The van der Waals surface area contributed by atoms with Gasteiger partial charge in [0, 0.05) is 13.0 Å². The number of amides is 1. The molecular weight excluding hydrogens is 316 g/mol. The third kappa shape index (κ3) is 3.01. The Labute approximate surface area is 146 Å². The van der Waals surface area contributed by atoms with E-state index in [0.717, 1.165) is 48.1 Å². The van der Waals surface area contributed by atoms with E-state index in [1.807, 2.05) is 47.0 Å². The number of likely N-dealkylation sites (tertiary alicyclic amines) is 1. The summed E-state index contributed by atoms with van der Waals surface area (Å²) in [4.78, 5) is 14.9. The highest BCUT2D eigenvalue weighted by molar-refractivity contribution is 5.77. The van der Waals surface area contributed by atoms with E-state index >= 15 is 0 Å². The van der Waals surface area contributed by atoms with Gasteiger partial charge < -0.3 is 4.90 Å². The molecule has 1 N–H and O–H groups in total. The van der Waals surface area contributed by atoms with Gasteiger partial charge in [0.15, 0.2) is 0 Å². The topological polar surface area (TPSA) is 79.7 Å². The van der Waals surface area contributed by atoms with Gasteiger partial charge in [0.25, 0.3) is 0 Å². The minimum atomic E-state index is 0.108. The van der Waals surface area contributed by atoms with Gasteiger partial charge in [-0.25, -0.2) is 4.68 Å². The lowest BCUT2D eigenvalue weighted by molar-refractivity contribution is -0.135. The Morgan fingerprint density at radius 2 is 2.20 bits per heavy atom. The molecule has 7 nitrogen and oxygen atoms in total. The van der Waals surface area contributed by atoms with E-state index in [1.54, 1.807) is 0 Å². The maximum atomic E-state index is 12.9. The number of rotatable bonds is 4. The molecule has 130 valence electrons. The van der Waals surface area contributed by atoms with E-state index < -0.39 is 0 Å². The molecule has 0 aliphatic carbocycles. The number of hydrogen-bond donors (Lipinski definition) is 1. The first-order valence-electron chi connectivity index (χ1n) is 8.81. The minimum Gasteiger partial charge on any atom is -0.334 e. The number of para-hydroxylation sites is 1. The number of aryl methyl sites for hydroxylation is 2. The molecule has 1 aromatic carbocycles. The zero-order valence-electron chi connectivity index (χ0n) is 14.4. The van der Waals surface area contributed by atoms with E-state index in [1.165, 1.54) is 0 Å². The van der Waals surface area contributed by atoms with E-state index in [0.29, 0.717) is 13.0 Å². The van der Waals surface area contributed by atoms with E-state index in [2.05, 4.69) is 20.5 Å². The van der Waals surface area contributed by atoms with Crippen molar-refractivity contribution in [1.29, 1.82) is 0 Å². The molecule has 1 fully saturated rings. The van der Waals surface area contributed by atoms with Crippen LogP contribution < -0.4 is 0 Å². The first-order chi connectivity index (χ1) is 12.2. The normalized spacial score (nSPS) is 18.0. The molecule has 4 rings (SSSR count). The largest absolute Gasteiger partial charge is 0.334 e. The van der Waals surface area contributed by atoms with Gasteiger partial charge in [-0.1, -0.05) is 17.3 Å². The van der Waals surface area contributed by atoms with Gasteiger partial charge in [-0.3, -0.25) is 9.89 Å². The first kappa shape index (κ1) is 15.8. The Morgan fingerprint density at radius 3 is 3.04 bits per heavy atom. The first-order valence-corrected chi connectivity index (χ1v) is 8.81. The number of hydrogen-bond acceptors (Lipinski definition) is 4. The molecule has 0 saturated carbocycles. The summed E-state index contributed by atoms with van der Waals surface area (Å²) in [6.45, 7) is 3.39. The Balaban J connectivity index is 1.48. The van der Waals surface area contributed by atoms with Crippen molar-refractivity contribution >= 4 is 16.9 Å². The fourth-order valence-electron chi connectivity index (χ4n) is 3.65. The maximum Gasteiger partial charge on any atom is 0.225 e. The number of nitrogens with one attached hydrogen (secondary N) is 1. The number of H-pyrrole nitrogens is 1. The van der Waals surface area contributed by atoms with Crippen molar-refractivity contribution in [3.8, 4) is 0 Å². The third-order valence-corrected chi connectivity index (χ3v) is 4.98. The number of nitrogens with zero attached hydrogens (tertiary/aromatic N) is 5. The van der Waals surface area contributed by atoms with Gasteiger partial charge in [0.2, 0.25) is 5.91 Å². The molecule has 0 radical (unpaired) electrons. The summed E-state index contributed by atoms with van der Waals surface area (Å²) < 4.78 is 1.81. The Morgan fingerprint density at radius 1 is 1.32 bits per heavy atom. The Kier molecular flexibility index (Phi) is 4.21. The van der Waals surface area contributed by atoms with Gasteiger partial charge in [0.05, 0.1) is 30.0 Å². The second-order valence-electron chi connectivity index (χ2n) is 6.62. The predicted molar refractivity (Wildman–Crippen MR) is 93.8 cm³/mol. The maximum absolute atomic E-state index is 12.9. The molecule has 1 aliphatic rings. The van der Waals surface area contributed by atoms with Crippen molar-refractivity contribution in [3.05, 3.63) is 41.7 Å². The molecule has 7 heteroatoms. The summed E-state index contributed by atoms with van der Waals surface area (Å²) in [5, 5.41) is 15.5. The molecular formula is C18H22N6O. The van der Waals surface area contributed by atoms with E-state index in [9.17, 15) is 4.79 Å². The van der Waals surface area contributed by atoms with Crippen molar-refractivity contribution in [3.63, 3.8) is 0 Å². The second-order valence-corrected chi connectivity index (χ2v) is 6.62. The zero-order chi connectivity index (χ0) is 17.2. The van der Waals surface area contributed by atoms with Crippen LogP contribution in [0, 0.1) is 6.92 Å². The summed E-state index contributed by atoms with van der Waals surface area (Å²) in [6, 6.07) is 7.93. The molecule has 2 aromatic heterocycles. The Hall–Kier alpha value is -2.70. The average Bonchev–Trinajstić information content (AvgIpc) is 3.26. The van der Waals surface area contributed by atoms with Crippen LogP contribution in [0.5, 0.6) is 0 Å². The number of piperidine rings is 1. The fourth-order valence-corrected chi connectivity index (χ4v) is 3.65. The molecule has 25 heavy (non-hydrogen) atoms. The van der Waals surface area contributed by atoms with Crippen LogP contribution in [-0.2, 0) is 11.3 Å². The van der Waals surface area contributed by atoms with Crippen LogP contribution in [0.25, 0.3) is 11.0 Å². The van der Waals surface area contributed by atoms with Crippen LogP contribution in [0.4, 0.5) is 0 Å². The number of fused-ring (bicyclic) bond motifs is 1. The van der Waals surface area contributed by atoms with Gasteiger partial charge in [-0.05, 0) is 43.9 Å². The standard InChI is InChI=1S/C18H22N6O/c1-13-12-19-21-18(13)16-8-4-5-10-23(16)17(25)9-11-24-15-7-3-2-6-14(15)20-22-24/h2-3,6-7,12,16H,4-5,8-11H2,1H3,(H,19,21). The van der Waals surface area contributed by atoms with Crippen molar-refractivity contribution < 1.29 is 4.79 Å². The third-order valence-electron chi connectivity index (χ3n) is 4.98. The molecule has 1 amide bonds. The molecule has 1 atom stereocenters. The van der Waals surface area contributed by atoms with Crippen LogP contribution in [0.1, 0.15) is 43.0 Å². The van der Waals surface area contributed by atoms with Crippen LogP contribution in [-0.4, -0.2) is 42.5 Å². The lowest BCUT2D eigenvalue weighted by atomic mass is 9.97. The number of aromatic amines is 1.